The zero-order valence-corrected chi connectivity index (χ0v) is 14.4. The molecule has 1 saturated heterocycles. The van der Waals surface area contributed by atoms with Crippen molar-refractivity contribution in [2.24, 2.45) is 5.92 Å². The maximum atomic E-state index is 6.01. The van der Waals surface area contributed by atoms with Gasteiger partial charge in [0.25, 0.3) is 0 Å². The van der Waals surface area contributed by atoms with Crippen LogP contribution >= 0.6 is 11.6 Å². The van der Waals surface area contributed by atoms with Gasteiger partial charge in [0.15, 0.2) is 0 Å². The first-order valence-corrected chi connectivity index (χ1v) is 8.70. The van der Waals surface area contributed by atoms with Crippen molar-refractivity contribution < 1.29 is 0 Å². The van der Waals surface area contributed by atoms with Crippen LogP contribution in [0.3, 0.4) is 0 Å². The van der Waals surface area contributed by atoms with Crippen LogP contribution in [-0.2, 0) is 0 Å². The second-order valence-electron chi connectivity index (χ2n) is 6.53. The van der Waals surface area contributed by atoms with E-state index in [1.165, 1.54) is 37.9 Å². The van der Waals surface area contributed by atoms with Crippen molar-refractivity contribution in [3.05, 3.63) is 34.9 Å². The predicted octanol–water partition coefficient (Wildman–Crippen LogP) is 4.50. The molecule has 1 aromatic carbocycles. The summed E-state index contributed by atoms with van der Waals surface area (Å²) >= 11 is 6.01. The monoisotopic (exact) mass is 308 g/mol. The Hall–Kier alpha value is -0.570. The van der Waals surface area contributed by atoms with Crippen LogP contribution in [-0.4, -0.2) is 30.6 Å². The lowest BCUT2D eigenvalue weighted by Crippen LogP contribution is -2.32. The van der Waals surface area contributed by atoms with E-state index < -0.39 is 0 Å². The van der Waals surface area contributed by atoms with Crippen LogP contribution in [0.15, 0.2) is 24.3 Å². The lowest BCUT2D eigenvalue weighted by molar-refractivity contribution is 0.248. The molecule has 0 radical (unpaired) electrons. The number of likely N-dealkylation sites (tertiary alicyclic amines) is 1. The normalized spacial score (nSPS) is 24.4. The van der Waals surface area contributed by atoms with Crippen molar-refractivity contribution in [1.82, 2.24) is 10.2 Å². The molecule has 1 N–H and O–H groups in total. The minimum Gasteiger partial charge on any atom is -0.310 e. The van der Waals surface area contributed by atoms with Crippen molar-refractivity contribution >= 4 is 11.6 Å². The number of nitrogens with one attached hydrogen (secondary N) is 1. The molecular formula is C18H29ClN2. The average molecular weight is 309 g/mol. The van der Waals surface area contributed by atoms with Gasteiger partial charge in [-0.25, -0.2) is 0 Å². The Kier molecular flexibility index (Phi) is 6.53. The molecule has 0 saturated carbocycles. The summed E-state index contributed by atoms with van der Waals surface area (Å²) in [6.45, 7) is 10.4. The maximum Gasteiger partial charge on any atom is 0.0406 e. The Morgan fingerprint density at radius 2 is 2.00 bits per heavy atom. The second kappa shape index (κ2) is 8.17. The summed E-state index contributed by atoms with van der Waals surface area (Å²) in [5.74, 6) is 0.845. The first-order chi connectivity index (χ1) is 10.1. The van der Waals surface area contributed by atoms with E-state index in [-0.39, 0.29) is 0 Å². The number of benzene rings is 1. The van der Waals surface area contributed by atoms with Gasteiger partial charge in [-0.3, -0.25) is 0 Å². The third-order valence-corrected chi connectivity index (χ3v) is 4.78. The van der Waals surface area contributed by atoms with Crippen molar-refractivity contribution in [2.45, 2.75) is 52.1 Å². The van der Waals surface area contributed by atoms with Crippen molar-refractivity contribution in [3.63, 3.8) is 0 Å². The summed E-state index contributed by atoms with van der Waals surface area (Å²) in [6.07, 6.45) is 3.67. The van der Waals surface area contributed by atoms with Crippen LogP contribution in [0.25, 0.3) is 0 Å². The molecule has 1 aliphatic heterocycles. The Morgan fingerprint density at radius 1 is 1.29 bits per heavy atom. The van der Waals surface area contributed by atoms with Gasteiger partial charge in [-0.2, -0.15) is 0 Å². The number of halogens is 1. The van der Waals surface area contributed by atoms with Crippen LogP contribution in [0.1, 0.15) is 51.6 Å². The highest BCUT2D eigenvalue weighted by atomic mass is 35.5. The summed E-state index contributed by atoms with van der Waals surface area (Å²) in [7, 11) is 0. The molecule has 2 rings (SSSR count). The SMILES string of the molecule is CCCNC(CCN1CC(C)CC1C)c1ccc(Cl)cc1. The first-order valence-electron chi connectivity index (χ1n) is 8.33. The van der Waals surface area contributed by atoms with E-state index in [0.717, 1.165) is 23.5 Å². The van der Waals surface area contributed by atoms with Gasteiger partial charge in [-0.15, -0.1) is 0 Å². The van der Waals surface area contributed by atoms with E-state index in [1.807, 2.05) is 12.1 Å². The number of rotatable bonds is 7. The van der Waals surface area contributed by atoms with E-state index in [1.54, 1.807) is 0 Å². The fourth-order valence-corrected chi connectivity index (χ4v) is 3.52. The summed E-state index contributed by atoms with van der Waals surface area (Å²) in [4.78, 5) is 2.64. The summed E-state index contributed by atoms with van der Waals surface area (Å²) in [5, 5.41) is 4.50. The Morgan fingerprint density at radius 3 is 2.57 bits per heavy atom. The number of nitrogens with zero attached hydrogens (tertiary/aromatic N) is 1. The lowest BCUT2D eigenvalue weighted by atomic mass is 10.0. The second-order valence-corrected chi connectivity index (χ2v) is 6.97. The van der Waals surface area contributed by atoms with Gasteiger partial charge in [0.2, 0.25) is 0 Å². The highest BCUT2D eigenvalue weighted by molar-refractivity contribution is 6.30. The minimum absolute atomic E-state index is 0.435. The van der Waals surface area contributed by atoms with Crippen molar-refractivity contribution in [2.75, 3.05) is 19.6 Å². The van der Waals surface area contributed by atoms with E-state index in [9.17, 15) is 0 Å². The van der Waals surface area contributed by atoms with Gasteiger partial charge in [0.1, 0.15) is 0 Å². The largest absolute Gasteiger partial charge is 0.310 e. The topological polar surface area (TPSA) is 15.3 Å². The third-order valence-electron chi connectivity index (χ3n) is 4.53. The molecule has 1 fully saturated rings. The average Bonchev–Trinajstić information content (AvgIpc) is 2.78. The lowest BCUT2D eigenvalue weighted by Gasteiger charge is -2.25. The van der Waals surface area contributed by atoms with Crippen LogP contribution < -0.4 is 5.32 Å². The molecule has 21 heavy (non-hydrogen) atoms. The third kappa shape index (κ3) is 4.98. The Bertz CT molecular complexity index is 418. The quantitative estimate of drug-likeness (QED) is 0.798. The van der Waals surface area contributed by atoms with Gasteiger partial charge in [0, 0.05) is 30.2 Å². The minimum atomic E-state index is 0.435. The molecule has 118 valence electrons. The summed E-state index contributed by atoms with van der Waals surface area (Å²) in [6, 6.07) is 9.48. The van der Waals surface area contributed by atoms with Crippen LogP contribution in [0.5, 0.6) is 0 Å². The molecule has 1 aromatic rings. The van der Waals surface area contributed by atoms with Gasteiger partial charge < -0.3 is 10.2 Å². The Balaban J connectivity index is 1.94. The molecule has 0 aromatic heterocycles. The van der Waals surface area contributed by atoms with E-state index in [2.05, 4.69) is 43.1 Å². The fraction of sp³-hybridized carbons (Fsp3) is 0.667. The maximum absolute atomic E-state index is 6.01. The predicted molar refractivity (Wildman–Crippen MR) is 91.9 cm³/mol. The zero-order chi connectivity index (χ0) is 15.2. The van der Waals surface area contributed by atoms with Crippen LogP contribution in [0, 0.1) is 5.92 Å². The Labute approximate surface area is 134 Å². The molecule has 0 spiro atoms. The zero-order valence-electron chi connectivity index (χ0n) is 13.6. The molecule has 0 bridgehead atoms. The highest BCUT2D eigenvalue weighted by Crippen LogP contribution is 2.25. The van der Waals surface area contributed by atoms with Crippen LogP contribution in [0.2, 0.25) is 5.02 Å². The fourth-order valence-electron chi connectivity index (χ4n) is 3.39. The molecule has 0 aliphatic carbocycles. The van der Waals surface area contributed by atoms with E-state index in [0.29, 0.717) is 6.04 Å². The molecule has 1 aliphatic rings. The summed E-state index contributed by atoms with van der Waals surface area (Å²) in [5.41, 5.74) is 1.35. The van der Waals surface area contributed by atoms with E-state index in [4.69, 9.17) is 11.6 Å². The number of hydrogen-bond donors (Lipinski definition) is 1. The molecule has 3 unspecified atom stereocenters. The molecule has 1 heterocycles. The first kappa shape index (κ1) is 16.8. The van der Waals surface area contributed by atoms with Crippen LogP contribution in [0.4, 0.5) is 0 Å². The smallest absolute Gasteiger partial charge is 0.0406 e. The van der Waals surface area contributed by atoms with Gasteiger partial charge >= 0.3 is 0 Å². The van der Waals surface area contributed by atoms with Gasteiger partial charge in [0.05, 0.1) is 0 Å². The standard InChI is InChI=1S/C18H29ClN2/c1-4-10-20-18(16-5-7-17(19)8-6-16)9-11-21-13-14(2)12-15(21)3/h5-8,14-15,18,20H,4,9-13H2,1-3H3. The molecule has 3 atom stereocenters. The van der Waals surface area contributed by atoms with E-state index >= 15 is 0 Å². The van der Waals surface area contributed by atoms with Gasteiger partial charge in [-0.1, -0.05) is 37.6 Å². The molecule has 3 heteroatoms. The van der Waals surface area contributed by atoms with Crippen molar-refractivity contribution in [3.8, 4) is 0 Å². The number of hydrogen-bond acceptors (Lipinski definition) is 2. The molecule has 2 nitrogen and oxygen atoms in total. The summed E-state index contributed by atoms with van der Waals surface area (Å²) < 4.78 is 0. The van der Waals surface area contributed by atoms with Crippen molar-refractivity contribution in [1.29, 1.82) is 0 Å². The van der Waals surface area contributed by atoms with Gasteiger partial charge in [-0.05, 0) is 56.3 Å². The highest BCUT2D eigenvalue weighted by Gasteiger charge is 2.26. The molecule has 0 amide bonds. The molecular weight excluding hydrogens is 280 g/mol.